The van der Waals surface area contributed by atoms with E-state index >= 15 is 0 Å². The van der Waals surface area contributed by atoms with Crippen LogP contribution in [0.15, 0.2) is 77.4 Å². The third-order valence-corrected chi connectivity index (χ3v) is 3.91. The zero-order chi connectivity index (χ0) is 21.9. The van der Waals surface area contributed by atoms with Gasteiger partial charge in [0.25, 0.3) is 0 Å². The topological polar surface area (TPSA) is 136 Å². The van der Waals surface area contributed by atoms with Crippen LogP contribution in [-0.2, 0) is 4.79 Å². The number of anilines is 1. The van der Waals surface area contributed by atoms with Crippen molar-refractivity contribution < 1.29 is 29.7 Å². The molecule has 0 heterocycles. The molecule has 0 aliphatic rings. The lowest BCUT2D eigenvalue weighted by molar-refractivity contribution is -0.136. The standard InChI is InChI=1S/C22H20N2O6.BrH/c25-20(26)12-3-15(14-24-19-10-6-17(7-11-19)22(29)30)2-1-13-23-18-8-4-16(5-9-18)21(27)28;/h1-2,4-11,13-14,23H,3,12H2,(H,25,26)(H,27,28)(H,29,30);1H/b13-1+,15-2+,24-14+;. The van der Waals surface area contributed by atoms with E-state index in [4.69, 9.17) is 15.3 Å². The van der Waals surface area contributed by atoms with Crippen LogP contribution in [0.25, 0.3) is 0 Å². The van der Waals surface area contributed by atoms with Gasteiger partial charge in [-0.15, -0.1) is 17.0 Å². The lowest BCUT2D eigenvalue weighted by Gasteiger charge is -2.01. The molecular formula is C22H21BrN2O6. The number of nitrogens with zero attached hydrogens (tertiary/aromatic N) is 1. The van der Waals surface area contributed by atoms with Crippen LogP contribution in [0.5, 0.6) is 0 Å². The molecule has 0 unspecified atom stereocenters. The average Bonchev–Trinajstić information content (AvgIpc) is 2.73. The summed E-state index contributed by atoms with van der Waals surface area (Å²) >= 11 is 0. The Labute approximate surface area is 189 Å². The average molecular weight is 489 g/mol. The van der Waals surface area contributed by atoms with Gasteiger partial charge >= 0.3 is 17.9 Å². The molecule has 4 N–H and O–H groups in total. The van der Waals surface area contributed by atoms with Gasteiger partial charge in [-0.25, -0.2) is 9.59 Å². The second-order valence-electron chi connectivity index (χ2n) is 6.13. The Morgan fingerprint density at radius 2 is 1.39 bits per heavy atom. The fraction of sp³-hybridized carbons (Fsp3) is 0.0909. The molecular weight excluding hydrogens is 468 g/mol. The molecule has 0 radical (unpaired) electrons. The van der Waals surface area contributed by atoms with Crippen molar-refractivity contribution in [1.82, 2.24) is 0 Å². The molecule has 0 amide bonds. The number of hydrogen-bond acceptors (Lipinski definition) is 5. The minimum absolute atomic E-state index is 0. The highest BCUT2D eigenvalue weighted by molar-refractivity contribution is 8.93. The number of aromatic carboxylic acids is 2. The maximum Gasteiger partial charge on any atom is 0.335 e. The number of allylic oxidation sites excluding steroid dienone is 3. The van der Waals surface area contributed by atoms with Crippen molar-refractivity contribution in [2.75, 3.05) is 5.32 Å². The van der Waals surface area contributed by atoms with Crippen molar-refractivity contribution in [3.05, 3.63) is 83.6 Å². The summed E-state index contributed by atoms with van der Waals surface area (Å²) in [6, 6.07) is 12.2. The molecule has 2 aromatic rings. The molecule has 31 heavy (non-hydrogen) atoms. The molecule has 162 valence electrons. The zero-order valence-electron chi connectivity index (χ0n) is 16.3. The summed E-state index contributed by atoms with van der Waals surface area (Å²) in [5, 5.41) is 29.7. The zero-order valence-corrected chi connectivity index (χ0v) is 18.0. The van der Waals surface area contributed by atoms with Gasteiger partial charge in [-0.2, -0.15) is 0 Å². The number of aliphatic imine (C=N–C) groups is 1. The highest BCUT2D eigenvalue weighted by atomic mass is 79.9. The van der Waals surface area contributed by atoms with Crippen LogP contribution in [0, 0.1) is 0 Å². The van der Waals surface area contributed by atoms with E-state index in [1.54, 1.807) is 42.6 Å². The van der Waals surface area contributed by atoms with Gasteiger partial charge < -0.3 is 20.6 Å². The van der Waals surface area contributed by atoms with E-state index in [0.717, 1.165) is 0 Å². The van der Waals surface area contributed by atoms with E-state index in [-0.39, 0.29) is 40.9 Å². The molecule has 0 aliphatic heterocycles. The fourth-order valence-corrected chi connectivity index (χ4v) is 2.31. The highest BCUT2D eigenvalue weighted by Crippen LogP contribution is 2.14. The van der Waals surface area contributed by atoms with Crippen molar-refractivity contribution in [3.63, 3.8) is 0 Å². The Kier molecular flexibility index (Phi) is 10.4. The maximum atomic E-state index is 10.9. The van der Waals surface area contributed by atoms with E-state index in [9.17, 15) is 14.4 Å². The van der Waals surface area contributed by atoms with Gasteiger partial charge in [0.2, 0.25) is 0 Å². The summed E-state index contributed by atoms with van der Waals surface area (Å²) in [7, 11) is 0. The van der Waals surface area contributed by atoms with Gasteiger partial charge in [-0.1, -0.05) is 6.08 Å². The van der Waals surface area contributed by atoms with E-state index in [1.165, 1.54) is 30.5 Å². The molecule has 0 saturated carbocycles. The second kappa shape index (κ2) is 12.8. The Morgan fingerprint density at radius 1 is 0.839 bits per heavy atom. The SMILES string of the molecule is Br.O=C(O)CCC(/C=N/c1ccc(C(=O)O)cc1)=C\C=C\Nc1ccc(C(=O)O)cc1. The van der Waals surface area contributed by atoms with Crippen LogP contribution in [0.2, 0.25) is 0 Å². The van der Waals surface area contributed by atoms with Gasteiger partial charge in [0.05, 0.1) is 16.8 Å². The molecule has 2 aromatic carbocycles. The molecule has 8 nitrogen and oxygen atoms in total. The van der Waals surface area contributed by atoms with Crippen LogP contribution >= 0.6 is 17.0 Å². The second-order valence-corrected chi connectivity index (χ2v) is 6.13. The van der Waals surface area contributed by atoms with Crippen LogP contribution in [0.1, 0.15) is 33.6 Å². The summed E-state index contributed by atoms with van der Waals surface area (Å²) in [4.78, 5) is 36.9. The molecule has 0 atom stereocenters. The first-order valence-corrected chi connectivity index (χ1v) is 8.90. The summed E-state index contributed by atoms with van der Waals surface area (Å²) in [6.45, 7) is 0. The molecule has 9 heteroatoms. The largest absolute Gasteiger partial charge is 0.481 e. The predicted octanol–water partition coefficient (Wildman–Crippen LogP) is 4.78. The van der Waals surface area contributed by atoms with Gasteiger partial charge in [0.1, 0.15) is 0 Å². The van der Waals surface area contributed by atoms with Gasteiger partial charge in [0, 0.05) is 24.5 Å². The maximum absolute atomic E-state index is 10.9. The fourth-order valence-electron chi connectivity index (χ4n) is 2.31. The monoisotopic (exact) mass is 488 g/mol. The first kappa shape index (κ1) is 25.3. The summed E-state index contributed by atoms with van der Waals surface area (Å²) < 4.78 is 0. The minimum atomic E-state index is -1.03. The first-order chi connectivity index (χ1) is 14.3. The van der Waals surface area contributed by atoms with Crippen LogP contribution < -0.4 is 5.32 Å². The molecule has 0 aliphatic carbocycles. The molecule has 0 fully saturated rings. The Hall–Kier alpha value is -3.72. The van der Waals surface area contributed by atoms with Crippen molar-refractivity contribution in [2.24, 2.45) is 4.99 Å². The van der Waals surface area contributed by atoms with E-state index in [1.807, 2.05) is 0 Å². The van der Waals surface area contributed by atoms with Crippen molar-refractivity contribution in [3.8, 4) is 0 Å². The van der Waals surface area contributed by atoms with Crippen LogP contribution in [-0.4, -0.2) is 39.4 Å². The molecule has 0 spiro atoms. The van der Waals surface area contributed by atoms with Crippen LogP contribution in [0.4, 0.5) is 11.4 Å². The predicted molar refractivity (Wildman–Crippen MR) is 123 cm³/mol. The van der Waals surface area contributed by atoms with Crippen molar-refractivity contribution in [2.45, 2.75) is 12.8 Å². The smallest absolute Gasteiger partial charge is 0.335 e. The number of rotatable bonds is 10. The number of carboxylic acids is 3. The van der Waals surface area contributed by atoms with E-state index in [0.29, 0.717) is 16.9 Å². The number of hydrogen-bond donors (Lipinski definition) is 4. The Balaban J connectivity index is 0.00000480. The number of carboxylic acid groups (broad SMARTS) is 3. The summed E-state index contributed by atoms with van der Waals surface area (Å²) in [5.74, 6) is -2.96. The van der Waals surface area contributed by atoms with Crippen LogP contribution in [0.3, 0.4) is 0 Å². The Morgan fingerprint density at radius 3 is 1.90 bits per heavy atom. The van der Waals surface area contributed by atoms with Gasteiger partial charge in [-0.05, 0) is 66.6 Å². The number of aliphatic carboxylic acids is 1. The number of halogens is 1. The van der Waals surface area contributed by atoms with Crippen molar-refractivity contribution in [1.29, 1.82) is 0 Å². The lowest BCUT2D eigenvalue weighted by Crippen LogP contribution is -1.97. The quantitative estimate of drug-likeness (QED) is 0.279. The summed E-state index contributed by atoms with van der Waals surface area (Å²) in [5.41, 5.74) is 2.25. The lowest BCUT2D eigenvalue weighted by atomic mass is 10.1. The Bertz CT molecular complexity index is 996. The molecule has 2 rings (SSSR count). The van der Waals surface area contributed by atoms with Gasteiger partial charge in [-0.3, -0.25) is 9.79 Å². The number of nitrogens with one attached hydrogen (secondary N) is 1. The van der Waals surface area contributed by atoms with Gasteiger partial charge in [0.15, 0.2) is 0 Å². The normalized spacial score (nSPS) is 11.3. The summed E-state index contributed by atoms with van der Waals surface area (Å²) in [6.07, 6.45) is 6.76. The molecule has 0 aromatic heterocycles. The molecule has 0 saturated heterocycles. The molecule has 0 bridgehead atoms. The minimum Gasteiger partial charge on any atom is -0.481 e. The van der Waals surface area contributed by atoms with E-state index in [2.05, 4.69) is 10.3 Å². The van der Waals surface area contributed by atoms with Crippen molar-refractivity contribution >= 4 is 52.5 Å². The first-order valence-electron chi connectivity index (χ1n) is 8.90. The number of benzene rings is 2. The third-order valence-electron chi connectivity index (χ3n) is 3.91. The number of carbonyl (C=O) groups is 3. The van der Waals surface area contributed by atoms with E-state index < -0.39 is 17.9 Å². The highest BCUT2D eigenvalue weighted by Gasteiger charge is 2.03. The third kappa shape index (κ3) is 9.09.